The summed E-state index contributed by atoms with van der Waals surface area (Å²) in [7, 11) is 0. The van der Waals surface area contributed by atoms with Gasteiger partial charge in [-0.05, 0) is 38.5 Å². The lowest BCUT2D eigenvalue weighted by Crippen LogP contribution is -2.17. The Morgan fingerprint density at radius 1 is 1.08 bits per heavy atom. The first-order valence-corrected chi connectivity index (χ1v) is 8.83. The Bertz CT molecular complexity index is 936. The van der Waals surface area contributed by atoms with E-state index in [1.165, 1.54) is 4.88 Å². The Morgan fingerprint density at radius 2 is 1.83 bits per heavy atom. The number of carbonyl (C=O) groups excluding carboxylic acids is 1. The van der Waals surface area contributed by atoms with Crippen LogP contribution < -0.4 is 4.80 Å². The normalized spacial score (nSPS) is 11.7. The van der Waals surface area contributed by atoms with Crippen LogP contribution in [0.25, 0.3) is 11.3 Å². The number of amides is 1. The molecular formula is C20H20N2OS. The van der Waals surface area contributed by atoms with E-state index in [1.54, 1.807) is 11.3 Å². The van der Waals surface area contributed by atoms with Gasteiger partial charge in [-0.25, -0.2) is 0 Å². The average Bonchev–Trinajstić information content (AvgIpc) is 2.90. The van der Waals surface area contributed by atoms with Gasteiger partial charge in [0.25, 0.3) is 5.91 Å². The lowest BCUT2D eigenvalue weighted by molar-refractivity contribution is 0.0997. The molecule has 0 N–H and O–H groups in total. The van der Waals surface area contributed by atoms with Gasteiger partial charge in [0.15, 0.2) is 4.80 Å². The standard InChI is InChI=1S/C20H20N2OS/c1-4-22-18(16-10-6-5-7-11-16)15(3)24-20(22)21-19(23)17-12-8-9-14(2)13-17/h5-13H,4H2,1-3H3. The highest BCUT2D eigenvalue weighted by Gasteiger charge is 2.13. The number of thiazole rings is 1. The van der Waals surface area contributed by atoms with Gasteiger partial charge in [-0.1, -0.05) is 48.0 Å². The number of aryl methyl sites for hydroxylation is 2. The summed E-state index contributed by atoms with van der Waals surface area (Å²) in [5, 5.41) is 0. The Labute approximate surface area is 145 Å². The van der Waals surface area contributed by atoms with Crippen LogP contribution in [-0.4, -0.2) is 10.5 Å². The number of aromatic nitrogens is 1. The molecule has 1 amide bonds. The molecule has 0 aliphatic heterocycles. The molecule has 0 aliphatic rings. The second kappa shape index (κ2) is 6.97. The molecule has 3 nitrogen and oxygen atoms in total. The molecule has 0 atom stereocenters. The number of benzene rings is 2. The molecule has 0 fully saturated rings. The number of hydrogen-bond donors (Lipinski definition) is 0. The molecule has 1 aromatic heterocycles. The molecule has 3 aromatic rings. The Kier molecular flexibility index (Phi) is 4.76. The van der Waals surface area contributed by atoms with E-state index in [4.69, 9.17) is 0 Å². The lowest BCUT2D eigenvalue weighted by atomic mass is 10.1. The summed E-state index contributed by atoms with van der Waals surface area (Å²) in [5.74, 6) is -0.193. The fourth-order valence-electron chi connectivity index (χ4n) is 2.79. The van der Waals surface area contributed by atoms with Crippen LogP contribution in [0.1, 0.15) is 27.7 Å². The maximum absolute atomic E-state index is 12.5. The van der Waals surface area contributed by atoms with Crippen molar-refractivity contribution in [2.45, 2.75) is 27.3 Å². The summed E-state index contributed by atoms with van der Waals surface area (Å²) < 4.78 is 2.11. The van der Waals surface area contributed by atoms with E-state index in [9.17, 15) is 4.79 Å². The van der Waals surface area contributed by atoms with Crippen LogP contribution in [-0.2, 0) is 6.54 Å². The minimum atomic E-state index is -0.193. The first-order chi connectivity index (χ1) is 11.6. The second-order valence-corrected chi connectivity index (χ2v) is 6.87. The monoisotopic (exact) mass is 336 g/mol. The third-order valence-corrected chi connectivity index (χ3v) is 4.90. The predicted octanol–water partition coefficient (Wildman–Crippen LogP) is 4.59. The number of carbonyl (C=O) groups is 1. The molecule has 4 heteroatoms. The van der Waals surface area contributed by atoms with Gasteiger partial charge in [-0.15, -0.1) is 11.3 Å². The van der Waals surface area contributed by atoms with Crippen molar-refractivity contribution in [1.29, 1.82) is 0 Å². The fraction of sp³-hybridized carbons (Fsp3) is 0.200. The molecule has 0 bridgehead atoms. The summed E-state index contributed by atoms with van der Waals surface area (Å²) in [6, 6.07) is 17.8. The first-order valence-electron chi connectivity index (χ1n) is 8.01. The number of hydrogen-bond acceptors (Lipinski definition) is 2. The number of nitrogens with zero attached hydrogens (tertiary/aromatic N) is 2. The van der Waals surface area contributed by atoms with Crippen molar-refractivity contribution in [2.24, 2.45) is 4.99 Å². The molecular weight excluding hydrogens is 316 g/mol. The molecule has 24 heavy (non-hydrogen) atoms. The van der Waals surface area contributed by atoms with E-state index in [1.807, 2.05) is 49.4 Å². The summed E-state index contributed by atoms with van der Waals surface area (Å²) in [5.41, 5.74) is 3.98. The maximum Gasteiger partial charge on any atom is 0.279 e. The summed E-state index contributed by atoms with van der Waals surface area (Å²) in [6.07, 6.45) is 0. The van der Waals surface area contributed by atoms with E-state index in [0.29, 0.717) is 5.56 Å². The Hall–Kier alpha value is -2.46. The lowest BCUT2D eigenvalue weighted by Gasteiger charge is -2.07. The molecule has 0 aliphatic carbocycles. The van der Waals surface area contributed by atoms with Crippen LogP contribution in [0.15, 0.2) is 59.6 Å². The van der Waals surface area contributed by atoms with Crippen molar-refractivity contribution in [3.8, 4) is 11.3 Å². The fourth-order valence-corrected chi connectivity index (χ4v) is 3.84. The van der Waals surface area contributed by atoms with Gasteiger partial charge < -0.3 is 4.57 Å². The van der Waals surface area contributed by atoms with Crippen LogP contribution in [0.5, 0.6) is 0 Å². The van der Waals surface area contributed by atoms with E-state index in [2.05, 4.69) is 35.5 Å². The van der Waals surface area contributed by atoms with Crippen LogP contribution in [0.4, 0.5) is 0 Å². The average molecular weight is 336 g/mol. The van der Waals surface area contributed by atoms with Crippen LogP contribution in [0, 0.1) is 13.8 Å². The van der Waals surface area contributed by atoms with Gasteiger partial charge in [0.05, 0.1) is 5.69 Å². The van der Waals surface area contributed by atoms with Gasteiger partial charge in [-0.2, -0.15) is 4.99 Å². The van der Waals surface area contributed by atoms with Crippen molar-refractivity contribution in [3.05, 3.63) is 75.4 Å². The zero-order chi connectivity index (χ0) is 17.1. The van der Waals surface area contributed by atoms with Crippen molar-refractivity contribution in [2.75, 3.05) is 0 Å². The smallest absolute Gasteiger partial charge is 0.279 e. The third-order valence-electron chi connectivity index (χ3n) is 3.90. The summed E-state index contributed by atoms with van der Waals surface area (Å²) in [6.45, 7) is 6.91. The van der Waals surface area contributed by atoms with E-state index in [0.717, 1.165) is 28.2 Å². The van der Waals surface area contributed by atoms with Crippen LogP contribution in [0.3, 0.4) is 0 Å². The predicted molar refractivity (Wildman–Crippen MR) is 99.2 cm³/mol. The van der Waals surface area contributed by atoms with Crippen molar-refractivity contribution >= 4 is 17.2 Å². The molecule has 0 spiro atoms. The molecule has 2 aromatic carbocycles. The zero-order valence-corrected chi connectivity index (χ0v) is 14.9. The maximum atomic E-state index is 12.5. The molecule has 0 unspecified atom stereocenters. The highest BCUT2D eigenvalue weighted by Crippen LogP contribution is 2.25. The van der Waals surface area contributed by atoms with Crippen molar-refractivity contribution in [1.82, 2.24) is 4.57 Å². The minimum absolute atomic E-state index is 0.193. The molecule has 0 saturated carbocycles. The SMILES string of the molecule is CCn1c(-c2ccccc2)c(C)sc1=NC(=O)c1cccc(C)c1. The number of rotatable bonds is 3. The van der Waals surface area contributed by atoms with Gasteiger partial charge in [0, 0.05) is 17.0 Å². The molecule has 1 heterocycles. The Morgan fingerprint density at radius 3 is 2.50 bits per heavy atom. The highest BCUT2D eigenvalue weighted by atomic mass is 32.1. The topological polar surface area (TPSA) is 34.4 Å². The molecule has 0 radical (unpaired) electrons. The zero-order valence-electron chi connectivity index (χ0n) is 14.1. The quantitative estimate of drug-likeness (QED) is 0.688. The molecule has 122 valence electrons. The van der Waals surface area contributed by atoms with E-state index < -0.39 is 0 Å². The van der Waals surface area contributed by atoms with Gasteiger partial charge in [-0.3, -0.25) is 4.79 Å². The van der Waals surface area contributed by atoms with E-state index >= 15 is 0 Å². The molecule has 3 rings (SSSR count). The molecule has 0 saturated heterocycles. The highest BCUT2D eigenvalue weighted by molar-refractivity contribution is 7.09. The largest absolute Gasteiger partial charge is 0.316 e. The van der Waals surface area contributed by atoms with Gasteiger partial charge >= 0.3 is 0 Å². The van der Waals surface area contributed by atoms with Crippen LogP contribution in [0.2, 0.25) is 0 Å². The van der Waals surface area contributed by atoms with E-state index in [-0.39, 0.29) is 5.91 Å². The third kappa shape index (κ3) is 3.24. The first kappa shape index (κ1) is 16.4. The Balaban J connectivity index is 2.11. The van der Waals surface area contributed by atoms with Crippen LogP contribution >= 0.6 is 11.3 Å². The van der Waals surface area contributed by atoms with Crippen molar-refractivity contribution < 1.29 is 4.79 Å². The second-order valence-electron chi connectivity index (χ2n) is 5.69. The van der Waals surface area contributed by atoms with Gasteiger partial charge in [0.2, 0.25) is 0 Å². The van der Waals surface area contributed by atoms with Gasteiger partial charge in [0.1, 0.15) is 0 Å². The summed E-state index contributed by atoms with van der Waals surface area (Å²) >= 11 is 1.56. The summed E-state index contributed by atoms with van der Waals surface area (Å²) in [4.78, 5) is 18.8. The minimum Gasteiger partial charge on any atom is -0.316 e. The van der Waals surface area contributed by atoms with Crippen molar-refractivity contribution in [3.63, 3.8) is 0 Å².